The van der Waals surface area contributed by atoms with Gasteiger partial charge in [-0.3, -0.25) is 14.6 Å². The van der Waals surface area contributed by atoms with Crippen LogP contribution >= 0.6 is 11.3 Å². The van der Waals surface area contributed by atoms with Crippen LogP contribution in [-0.2, 0) is 6.42 Å². The van der Waals surface area contributed by atoms with Crippen molar-refractivity contribution >= 4 is 28.2 Å². The number of hydrogen-bond acceptors (Lipinski definition) is 4. The van der Waals surface area contributed by atoms with Crippen LogP contribution < -0.4 is 10.6 Å². The van der Waals surface area contributed by atoms with Gasteiger partial charge in [0.05, 0.1) is 5.56 Å². The average molecular weight is 372 g/mol. The molecule has 2 amide bonds. The first kappa shape index (κ1) is 18.6. The van der Waals surface area contributed by atoms with Crippen molar-refractivity contribution in [1.29, 1.82) is 0 Å². The van der Waals surface area contributed by atoms with E-state index in [2.05, 4.69) is 15.6 Å². The molecule has 1 aliphatic carbocycles. The number of pyridine rings is 1. The van der Waals surface area contributed by atoms with Crippen LogP contribution in [0.4, 0.5) is 5.00 Å². The van der Waals surface area contributed by atoms with Crippen molar-refractivity contribution in [3.63, 3.8) is 0 Å². The number of nitrogens with one attached hydrogen (secondary N) is 2. The van der Waals surface area contributed by atoms with Crippen molar-refractivity contribution in [1.82, 2.24) is 10.3 Å². The van der Waals surface area contributed by atoms with Gasteiger partial charge in [-0.15, -0.1) is 11.3 Å². The monoisotopic (exact) mass is 371 g/mol. The Kier molecular flexibility index (Phi) is 6.04. The smallest absolute Gasteiger partial charge is 0.256 e. The lowest BCUT2D eigenvalue weighted by Gasteiger charge is -2.23. The van der Waals surface area contributed by atoms with Crippen molar-refractivity contribution in [3.8, 4) is 0 Å². The Balaban J connectivity index is 1.83. The highest BCUT2D eigenvalue weighted by Gasteiger charge is 2.25. The molecular weight excluding hydrogens is 346 g/mol. The van der Waals surface area contributed by atoms with E-state index in [4.69, 9.17) is 0 Å². The second-order valence-electron chi connectivity index (χ2n) is 6.69. The maximum absolute atomic E-state index is 13.0. The molecule has 2 N–H and O–H groups in total. The third kappa shape index (κ3) is 4.12. The van der Waals surface area contributed by atoms with Crippen LogP contribution in [0.25, 0.3) is 0 Å². The number of thiophene rings is 1. The molecule has 2 aromatic heterocycles. The molecule has 0 saturated heterocycles. The summed E-state index contributed by atoms with van der Waals surface area (Å²) < 4.78 is 0. The van der Waals surface area contributed by atoms with Crippen molar-refractivity contribution in [2.24, 2.45) is 0 Å². The normalized spacial score (nSPS) is 14.8. The fourth-order valence-electron chi connectivity index (χ4n) is 3.52. The fourth-order valence-corrected chi connectivity index (χ4v) is 4.65. The SMILES string of the molecule is CCc1c(C)sc(NC(=O)c2ccncc2)c1C(=O)NC1CCCCC1. The fraction of sp³-hybridized carbons (Fsp3) is 0.450. The summed E-state index contributed by atoms with van der Waals surface area (Å²) in [6.45, 7) is 4.05. The number of anilines is 1. The zero-order valence-electron chi connectivity index (χ0n) is 15.3. The van der Waals surface area contributed by atoms with Crippen LogP contribution in [0.1, 0.15) is 70.2 Å². The molecule has 0 atom stereocenters. The highest BCUT2D eigenvalue weighted by Crippen LogP contribution is 2.34. The summed E-state index contributed by atoms with van der Waals surface area (Å²) in [7, 11) is 0. The van der Waals surface area contributed by atoms with E-state index in [1.807, 2.05) is 13.8 Å². The summed E-state index contributed by atoms with van der Waals surface area (Å²) in [5, 5.41) is 6.75. The van der Waals surface area contributed by atoms with Crippen molar-refractivity contribution in [3.05, 3.63) is 46.1 Å². The molecule has 0 aliphatic heterocycles. The van der Waals surface area contributed by atoms with Gasteiger partial charge in [0.15, 0.2) is 0 Å². The van der Waals surface area contributed by atoms with Gasteiger partial charge in [-0.1, -0.05) is 26.2 Å². The molecule has 5 nitrogen and oxygen atoms in total. The Hall–Kier alpha value is -2.21. The largest absolute Gasteiger partial charge is 0.349 e. The lowest BCUT2D eigenvalue weighted by molar-refractivity contribution is 0.0928. The summed E-state index contributed by atoms with van der Waals surface area (Å²) in [5.74, 6) is -0.286. The van der Waals surface area contributed by atoms with Gasteiger partial charge in [-0.05, 0) is 43.9 Å². The van der Waals surface area contributed by atoms with Gasteiger partial charge in [0.1, 0.15) is 5.00 Å². The molecule has 0 spiro atoms. The third-order valence-corrected chi connectivity index (χ3v) is 5.96. The first-order valence-corrected chi connectivity index (χ1v) is 10.1. The summed E-state index contributed by atoms with van der Waals surface area (Å²) >= 11 is 1.47. The first-order valence-electron chi connectivity index (χ1n) is 9.24. The molecule has 2 aromatic rings. The average Bonchev–Trinajstić information content (AvgIpc) is 2.98. The molecular formula is C20H25N3O2S. The van der Waals surface area contributed by atoms with Crippen molar-refractivity contribution in [2.45, 2.75) is 58.4 Å². The van der Waals surface area contributed by atoms with Crippen LogP contribution in [0, 0.1) is 6.92 Å². The number of carbonyl (C=O) groups excluding carboxylic acids is 2. The number of aromatic nitrogens is 1. The summed E-state index contributed by atoms with van der Waals surface area (Å²) in [6.07, 6.45) is 9.59. The quantitative estimate of drug-likeness (QED) is 0.822. The summed E-state index contributed by atoms with van der Waals surface area (Å²) in [4.78, 5) is 30.5. The van der Waals surface area contributed by atoms with Crippen LogP contribution in [0.3, 0.4) is 0 Å². The Bertz CT molecular complexity index is 780. The second-order valence-corrected chi connectivity index (χ2v) is 7.92. The lowest BCUT2D eigenvalue weighted by Crippen LogP contribution is -2.36. The van der Waals surface area contributed by atoms with E-state index < -0.39 is 0 Å². The van der Waals surface area contributed by atoms with Crippen LogP contribution in [0.5, 0.6) is 0 Å². The van der Waals surface area contributed by atoms with Gasteiger partial charge in [0.25, 0.3) is 11.8 Å². The van der Waals surface area contributed by atoms with Gasteiger partial charge in [-0.25, -0.2) is 0 Å². The van der Waals surface area contributed by atoms with Gasteiger partial charge < -0.3 is 10.6 Å². The summed E-state index contributed by atoms with van der Waals surface area (Å²) in [5.41, 5.74) is 2.18. The van der Waals surface area contributed by atoms with Gasteiger partial charge in [0, 0.05) is 28.9 Å². The van der Waals surface area contributed by atoms with E-state index in [0.717, 1.165) is 29.7 Å². The van der Waals surface area contributed by atoms with E-state index in [1.165, 1.54) is 30.6 Å². The van der Waals surface area contributed by atoms with Crippen LogP contribution in [-0.4, -0.2) is 22.8 Å². The van der Waals surface area contributed by atoms with Gasteiger partial charge in [-0.2, -0.15) is 0 Å². The predicted octanol–water partition coefficient (Wildman–Crippen LogP) is 4.33. The number of carbonyl (C=O) groups is 2. The first-order chi connectivity index (χ1) is 12.6. The molecule has 0 bridgehead atoms. The zero-order valence-corrected chi connectivity index (χ0v) is 16.1. The Labute approximate surface area is 158 Å². The van der Waals surface area contributed by atoms with E-state index in [0.29, 0.717) is 16.1 Å². The van der Waals surface area contributed by atoms with Gasteiger partial charge >= 0.3 is 0 Å². The molecule has 0 aromatic carbocycles. The summed E-state index contributed by atoms with van der Waals surface area (Å²) in [6, 6.07) is 3.57. The molecule has 26 heavy (non-hydrogen) atoms. The standard InChI is InChI=1S/C20H25N3O2S/c1-3-16-13(2)26-20(23-18(24)14-9-11-21-12-10-14)17(16)19(25)22-15-7-5-4-6-8-15/h9-12,15H,3-8H2,1-2H3,(H,22,25)(H,23,24). The maximum Gasteiger partial charge on any atom is 0.256 e. The van der Waals surface area contributed by atoms with Crippen molar-refractivity contribution in [2.75, 3.05) is 5.32 Å². The second kappa shape index (κ2) is 8.45. The topological polar surface area (TPSA) is 71.1 Å². The maximum atomic E-state index is 13.0. The zero-order chi connectivity index (χ0) is 18.5. The minimum atomic E-state index is -0.219. The van der Waals surface area contributed by atoms with Gasteiger partial charge in [0.2, 0.25) is 0 Å². The molecule has 3 rings (SSSR count). The molecule has 6 heteroatoms. The Morgan fingerprint density at radius 3 is 2.50 bits per heavy atom. The molecule has 1 fully saturated rings. The van der Waals surface area contributed by atoms with E-state index in [9.17, 15) is 9.59 Å². The Morgan fingerprint density at radius 1 is 1.15 bits per heavy atom. The minimum absolute atomic E-state index is 0.0665. The highest BCUT2D eigenvalue weighted by atomic mass is 32.1. The Morgan fingerprint density at radius 2 is 1.85 bits per heavy atom. The molecule has 138 valence electrons. The number of nitrogens with zero attached hydrogens (tertiary/aromatic N) is 1. The highest BCUT2D eigenvalue weighted by molar-refractivity contribution is 7.16. The van der Waals surface area contributed by atoms with Crippen LogP contribution in [0.15, 0.2) is 24.5 Å². The van der Waals surface area contributed by atoms with Crippen molar-refractivity contribution < 1.29 is 9.59 Å². The minimum Gasteiger partial charge on any atom is -0.349 e. The molecule has 0 radical (unpaired) electrons. The van der Waals surface area contributed by atoms with Crippen LogP contribution in [0.2, 0.25) is 0 Å². The third-order valence-electron chi connectivity index (χ3n) is 4.90. The molecule has 0 unspecified atom stereocenters. The van der Waals surface area contributed by atoms with E-state index >= 15 is 0 Å². The number of amides is 2. The van der Waals surface area contributed by atoms with E-state index in [-0.39, 0.29) is 17.9 Å². The number of aryl methyl sites for hydroxylation is 1. The number of hydrogen-bond donors (Lipinski definition) is 2. The molecule has 1 saturated carbocycles. The predicted molar refractivity (Wildman–Crippen MR) is 105 cm³/mol. The molecule has 1 aliphatic rings. The lowest BCUT2D eigenvalue weighted by atomic mass is 9.95. The number of rotatable bonds is 5. The van der Waals surface area contributed by atoms with E-state index in [1.54, 1.807) is 24.5 Å². The molecule has 2 heterocycles.